The minimum Gasteiger partial charge on any atom is -0.462 e. The van der Waals surface area contributed by atoms with E-state index in [-0.39, 0.29) is 5.97 Å². The van der Waals surface area contributed by atoms with Crippen molar-refractivity contribution in [3.63, 3.8) is 0 Å². The van der Waals surface area contributed by atoms with Crippen LogP contribution in [-0.2, 0) is 9.53 Å². The number of carbonyl (C=O) groups is 1. The summed E-state index contributed by atoms with van der Waals surface area (Å²) < 4.78 is 39.3. The zero-order valence-electron chi connectivity index (χ0n) is 16.5. The van der Waals surface area contributed by atoms with Gasteiger partial charge in [0.1, 0.15) is 16.9 Å². The fourth-order valence-corrected chi connectivity index (χ4v) is 3.63. The van der Waals surface area contributed by atoms with Gasteiger partial charge in [-0.3, -0.25) is 4.90 Å². The number of ether oxygens (including phenoxy) is 1. The van der Waals surface area contributed by atoms with E-state index in [0.29, 0.717) is 12.2 Å². The molecule has 1 atom stereocenters. The molecule has 2 aromatic carbocycles. The van der Waals surface area contributed by atoms with Crippen LogP contribution < -0.4 is 28.4 Å². The summed E-state index contributed by atoms with van der Waals surface area (Å²) in [6, 6.07) is 18.6. The molecule has 2 aromatic rings. The van der Waals surface area contributed by atoms with Gasteiger partial charge in [0.25, 0.3) is 0 Å². The number of benzene rings is 2. The van der Waals surface area contributed by atoms with Crippen LogP contribution in [0.4, 0.5) is 17.1 Å². The van der Waals surface area contributed by atoms with Crippen molar-refractivity contribution in [3.05, 3.63) is 77.6 Å². The molecule has 0 spiro atoms. The molecule has 0 saturated carbocycles. The van der Waals surface area contributed by atoms with Gasteiger partial charge in [0.2, 0.25) is 5.82 Å². The fourth-order valence-electron chi connectivity index (χ4n) is 3.63. The van der Waals surface area contributed by atoms with Crippen LogP contribution in [0, 0.1) is 10.2 Å². The van der Waals surface area contributed by atoms with Gasteiger partial charge in [-0.2, -0.15) is 0 Å². The molecule has 0 radical (unpaired) electrons. The van der Waals surface area contributed by atoms with Crippen LogP contribution in [0.5, 0.6) is 0 Å². The summed E-state index contributed by atoms with van der Waals surface area (Å²) in [7, 11) is -4.94. The van der Waals surface area contributed by atoms with Crippen molar-refractivity contribution in [1.29, 1.82) is 0 Å². The summed E-state index contributed by atoms with van der Waals surface area (Å²) in [4.78, 5) is 16.0. The van der Waals surface area contributed by atoms with Gasteiger partial charge in [0.15, 0.2) is 5.69 Å². The van der Waals surface area contributed by atoms with Crippen LogP contribution in [-0.4, -0.2) is 19.1 Å². The van der Waals surface area contributed by atoms with E-state index in [1.54, 1.807) is 0 Å². The summed E-state index contributed by atoms with van der Waals surface area (Å²) in [5.41, 5.74) is 5.06. The first-order valence-electron chi connectivity index (χ1n) is 9.22. The number of esters is 1. The van der Waals surface area contributed by atoms with E-state index in [9.17, 15) is 4.79 Å². The van der Waals surface area contributed by atoms with Crippen molar-refractivity contribution in [2.75, 3.05) is 18.1 Å². The number of hydrogen-bond acceptors (Lipinski definition) is 7. The molecule has 8 nitrogen and oxygen atoms in total. The summed E-state index contributed by atoms with van der Waals surface area (Å²) in [6.07, 6.45) is 2.10. The lowest BCUT2D eigenvalue weighted by atomic mass is 10.0. The Morgan fingerprint density at radius 3 is 2.30 bits per heavy atom. The number of anilines is 1. The van der Waals surface area contributed by atoms with Gasteiger partial charge < -0.3 is 4.74 Å². The number of fused-ring (bicyclic) bond motifs is 3. The normalized spacial score (nSPS) is 17.5. The Balaban J connectivity index is 0.000000461. The quantitative estimate of drug-likeness (QED) is 0.575. The molecular formula is C21H21ClN2O6. The number of carbonyl (C=O) groups excluding carboxylic acids is 1. The largest absolute Gasteiger partial charge is 0.462 e. The number of quaternary nitrogens is 1. The Bertz CT molecular complexity index is 978. The predicted octanol–water partition coefficient (Wildman–Crippen LogP) is -1.67. The second-order valence-electron chi connectivity index (χ2n) is 6.58. The summed E-state index contributed by atoms with van der Waals surface area (Å²) in [5.74, 6) is 0.711. The predicted molar refractivity (Wildman–Crippen MR) is 97.9 cm³/mol. The van der Waals surface area contributed by atoms with Crippen molar-refractivity contribution in [1.82, 2.24) is 0 Å². The molecule has 30 heavy (non-hydrogen) atoms. The minimum absolute atomic E-state index is 0.253. The third-order valence-corrected chi connectivity index (χ3v) is 4.72. The van der Waals surface area contributed by atoms with Crippen LogP contribution in [0.25, 0.3) is 0 Å². The highest BCUT2D eigenvalue weighted by atomic mass is 35.7. The standard InChI is InChI=1S/C21H20N2O2.ClHO4/c1-3-25-21(24)19-15(2)13-14-22-17-11-7-8-12-18(17)23(20(19)22)16-9-5-4-6-10-16;2-1(3,4)5/h4-13H,3,14H2,1-2H3;(H,2,3,4,5). The molecule has 2 aliphatic rings. The number of halogens is 1. The van der Waals surface area contributed by atoms with Gasteiger partial charge in [-0.1, -0.05) is 36.4 Å². The van der Waals surface area contributed by atoms with Gasteiger partial charge in [0, 0.05) is 12.6 Å². The van der Waals surface area contributed by atoms with Gasteiger partial charge in [0.05, 0.1) is 6.61 Å². The molecular weight excluding hydrogens is 412 g/mol. The Morgan fingerprint density at radius 2 is 1.67 bits per heavy atom. The molecule has 1 N–H and O–H groups in total. The smallest absolute Gasteiger partial charge is 0.346 e. The molecule has 0 aromatic heterocycles. The highest BCUT2D eigenvalue weighted by Gasteiger charge is 2.44. The van der Waals surface area contributed by atoms with Gasteiger partial charge >= 0.3 is 5.97 Å². The van der Waals surface area contributed by atoms with Gasteiger partial charge in [-0.15, -0.1) is 10.2 Å². The lowest BCUT2D eigenvalue weighted by Gasteiger charge is -2.26. The van der Waals surface area contributed by atoms with Crippen molar-refractivity contribution < 1.29 is 43.3 Å². The summed E-state index contributed by atoms with van der Waals surface area (Å²) in [6.45, 7) is 4.96. The van der Waals surface area contributed by atoms with E-state index >= 15 is 0 Å². The molecule has 0 saturated heterocycles. The molecule has 4 rings (SSSR count). The van der Waals surface area contributed by atoms with Crippen LogP contribution in [0.1, 0.15) is 13.8 Å². The lowest BCUT2D eigenvalue weighted by Crippen LogP contribution is -3.00. The first kappa shape index (κ1) is 22.0. The molecule has 9 heteroatoms. The van der Waals surface area contributed by atoms with Gasteiger partial charge in [-0.25, -0.2) is 28.3 Å². The Morgan fingerprint density at radius 1 is 1.07 bits per heavy atom. The Kier molecular flexibility index (Phi) is 6.57. The van der Waals surface area contributed by atoms with Crippen LogP contribution in [0.3, 0.4) is 0 Å². The number of nitrogens with zero attached hydrogens (tertiary/aromatic N) is 1. The molecule has 0 aliphatic carbocycles. The van der Waals surface area contributed by atoms with E-state index in [0.717, 1.165) is 39.9 Å². The fraction of sp³-hybridized carbons (Fsp3) is 0.190. The molecule has 0 fully saturated rings. The van der Waals surface area contributed by atoms with Crippen LogP contribution >= 0.6 is 0 Å². The van der Waals surface area contributed by atoms with Crippen molar-refractivity contribution >= 4 is 23.0 Å². The minimum atomic E-state index is -4.94. The molecule has 2 aliphatic heterocycles. The molecule has 0 amide bonds. The van der Waals surface area contributed by atoms with E-state index in [1.165, 1.54) is 0 Å². The zero-order chi connectivity index (χ0) is 21.9. The summed E-state index contributed by atoms with van der Waals surface area (Å²) in [5, 5.41) is 0. The lowest BCUT2D eigenvalue weighted by molar-refractivity contribution is -2.00. The van der Waals surface area contributed by atoms with Crippen LogP contribution in [0.2, 0.25) is 0 Å². The number of hydrogen-bond donors (Lipinski definition) is 1. The highest BCUT2D eigenvalue weighted by molar-refractivity contribution is 5.96. The molecule has 2 heterocycles. The second-order valence-corrected chi connectivity index (χ2v) is 7.33. The third-order valence-electron chi connectivity index (χ3n) is 4.72. The van der Waals surface area contributed by atoms with E-state index in [2.05, 4.69) is 35.2 Å². The van der Waals surface area contributed by atoms with Crippen molar-refractivity contribution in [2.45, 2.75) is 13.8 Å². The van der Waals surface area contributed by atoms with E-state index < -0.39 is 10.2 Å². The van der Waals surface area contributed by atoms with Crippen molar-refractivity contribution in [3.8, 4) is 0 Å². The molecule has 158 valence electrons. The highest BCUT2D eigenvalue weighted by Crippen LogP contribution is 2.37. The third kappa shape index (κ3) is 4.71. The van der Waals surface area contributed by atoms with E-state index in [1.807, 2.05) is 44.2 Å². The number of rotatable bonds is 3. The topological polar surface area (TPSA) is 126 Å². The van der Waals surface area contributed by atoms with Crippen molar-refractivity contribution in [2.24, 2.45) is 0 Å². The molecule has 1 unspecified atom stereocenters. The maximum absolute atomic E-state index is 12.7. The molecule has 0 bridgehead atoms. The first-order valence-corrected chi connectivity index (χ1v) is 10.5. The Labute approximate surface area is 176 Å². The second kappa shape index (κ2) is 8.97. The maximum atomic E-state index is 12.7. The maximum Gasteiger partial charge on any atom is 0.346 e. The van der Waals surface area contributed by atoms with Crippen LogP contribution in [0.15, 0.2) is 77.6 Å². The number of para-hydroxylation sites is 3. The summed E-state index contributed by atoms with van der Waals surface area (Å²) >= 11 is 0. The average molecular weight is 433 g/mol. The average Bonchev–Trinajstić information content (AvgIpc) is 3.01. The first-order chi connectivity index (χ1) is 14.2. The van der Waals surface area contributed by atoms with Gasteiger partial charge in [-0.05, 0) is 37.6 Å². The zero-order valence-corrected chi connectivity index (χ0v) is 17.2. The van der Waals surface area contributed by atoms with E-state index in [4.69, 9.17) is 23.4 Å². The Hall–Kier alpha value is -2.72. The number of nitrogens with one attached hydrogen (secondary N) is 1. The monoisotopic (exact) mass is 432 g/mol. The SMILES string of the molecule is CCOC(=O)C1=C2N(CC=C1C)c1ccccc1[NH+]2c1ccccc1.[O-][Cl+3]([O-])([O-])[O-].